The van der Waals surface area contributed by atoms with Crippen molar-refractivity contribution in [2.45, 2.75) is 122 Å². The first kappa shape index (κ1) is 38.2. The lowest BCUT2D eigenvalue weighted by Crippen LogP contribution is -2.78. The number of piperidine rings is 1. The molecule has 3 aromatic rings. The third-order valence-corrected chi connectivity index (χ3v) is 15.8. The minimum Gasteiger partial charge on any atom is -0.393 e. The number of hydrogen-bond donors (Lipinski definition) is 2. The summed E-state index contributed by atoms with van der Waals surface area (Å²) in [6.07, 6.45) is 9.33. The molecule has 2 N–H and O–H groups in total. The zero-order valence-electron chi connectivity index (χ0n) is 33.9. The van der Waals surface area contributed by atoms with Gasteiger partial charge in [-0.05, 0) is 106 Å². The Morgan fingerprint density at radius 3 is 2.52 bits per heavy atom. The number of ether oxygens (including phenoxy) is 2. The fraction of sp³-hybridized carbons (Fsp3) is 0.630. The summed E-state index contributed by atoms with van der Waals surface area (Å²) in [6, 6.07) is 9.78. The number of carbonyl (C=O) groups excluding carboxylic acids is 3. The van der Waals surface area contributed by atoms with Crippen molar-refractivity contribution in [1.29, 1.82) is 0 Å². The average molecular weight is 792 g/mol. The topological polar surface area (TPSA) is 147 Å². The van der Waals surface area contributed by atoms with E-state index in [9.17, 15) is 24.6 Å². The minimum absolute atomic E-state index is 0.0158. The highest BCUT2D eigenvalue weighted by molar-refractivity contribution is 6.26. The van der Waals surface area contributed by atoms with Crippen LogP contribution in [0.1, 0.15) is 111 Å². The Labute approximate surface area is 339 Å². The highest BCUT2D eigenvalue weighted by atomic mass is 16.7. The van der Waals surface area contributed by atoms with Crippen LogP contribution in [0.25, 0.3) is 10.8 Å². The first-order valence-electron chi connectivity index (χ1n) is 21.9. The summed E-state index contributed by atoms with van der Waals surface area (Å²) in [5.41, 5.74) is 1.85. The van der Waals surface area contributed by atoms with Gasteiger partial charge in [-0.3, -0.25) is 24.0 Å². The van der Waals surface area contributed by atoms with Crippen molar-refractivity contribution in [3.63, 3.8) is 0 Å². The standard InChI is InChI=1S/C46H57N5O7/c1-27-32-24-34(52)38-45-18-11-17-44(2,3)35(45)25-36(46(38,39(27)53)40(32)54)58-43(45)57-23-10-12-28-26-50(48-47-28)21-7-8-22-51-41(55)30-14-9-13-29-33(49-19-5-4-6-20-49)16-15-31(37(29)30)42(51)56/h9,13-16,26,32,34-36,38,40,43,52,54H,1,4-8,10-12,17-25H2,2-3H3/t32-,34-,35+,36+,38-,40+,43+,45-,46+/m0/s1. The van der Waals surface area contributed by atoms with Crippen LogP contribution in [0, 0.1) is 34.0 Å². The van der Waals surface area contributed by atoms with Gasteiger partial charge in [0.15, 0.2) is 12.1 Å². The first-order chi connectivity index (χ1) is 28.0. The number of nitrogens with zero attached hydrogens (tertiary/aromatic N) is 5. The summed E-state index contributed by atoms with van der Waals surface area (Å²) < 4.78 is 15.2. The SMILES string of the molecule is C=C1C(=O)[C@]23[C@H](O)[C@H]1C[C@H](O)[C@H]2[C@]12CCCC(C)(C)[C@H]1C[C@H]3O[C@H]2OCCCc1cn(CCCCN2C(=O)c3cccc4c(N5CCCCC5)ccc(c34)C2=O)nn1. The molecule has 7 fully saturated rings. The largest absolute Gasteiger partial charge is 0.393 e. The fourth-order valence-corrected chi connectivity index (χ4v) is 13.4. The quantitative estimate of drug-likeness (QED) is 0.137. The van der Waals surface area contributed by atoms with Crippen LogP contribution in [0.15, 0.2) is 48.7 Å². The molecule has 4 saturated carbocycles. The van der Waals surface area contributed by atoms with Crippen molar-refractivity contribution >= 4 is 34.1 Å². The number of Topliss-reactive ketones (excluding diaryl/α,β-unsaturated/α-hetero) is 1. The number of benzene rings is 2. The van der Waals surface area contributed by atoms with Crippen LogP contribution >= 0.6 is 0 Å². The number of ketones is 1. The molecule has 4 bridgehead atoms. The molecule has 5 heterocycles. The summed E-state index contributed by atoms with van der Waals surface area (Å²) in [5.74, 6) is -1.22. The van der Waals surface area contributed by atoms with E-state index in [-0.39, 0.29) is 28.9 Å². The zero-order chi connectivity index (χ0) is 40.1. The van der Waals surface area contributed by atoms with E-state index in [0.29, 0.717) is 68.5 Å². The third kappa shape index (κ3) is 5.43. The van der Waals surface area contributed by atoms with Gasteiger partial charge >= 0.3 is 0 Å². The Kier molecular flexibility index (Phi) is 9.27. The van der Waals surface area contributed by atoms with Gasteiger partial charge in [-0.1, -0.05) is 44.2 Å². The van der Waals surface area contributed by atoms with Gasteiger partial charge in [0.2, 0.25) is 0 Å². The maximum atomic E-state index is 14.0. The molecule has 11 rings (SSSR count). The molecule has 2 aromatic carbocycles. The molecule has 1 aromatic heterocycles. The van der Waals surface area contributed by atoms with E-state index >= 15 is 0 Å². The third-order valence-electron chi connectivity index (χ3n) is 15.8. The molecule has 0 radical (unpaired) electrons. The predicted octanol–water partition coefficient (Wildman–Crippen LogP) is 5.87. The molecule has 2 amide bonds. The number of aliphatic hydroxyl groups is 2. The van der Waals surface area contributed by atoms with E-state index in [0.717, 1.165) is 73.8 Å². The van der Waals surface area contributed by atoms with Gasteiger partial charge in [0.05, 0.1) is 36.0 Å². The number of rotatable bonds is 11. The van der Waals surface area contributed by atoms with Gasteiger partial charge in [0, 0.05) is 77.2 Å². The molecule has 8 aliphatic rings. The highest BCUT2D eigenvalue weighted by Crippen LogP contribution is 2.75. The van der Waals surface area contributed by atoms with Crippen molar-refractivity contribution in [2.75, 3.05) is 31.1 Å². The number of hydrogen-bond acceptors (Lipinski definition) is 10. The van der Waals surface area contributed by atoms with E-state index in [2.05, 4.69) is 41.7 Å². The Hall–Kier alpha value is -3.97. The summed E-state index contributed by atoms with van der Waals surface area (Å²) >= 11 is 0. The van der Waals surface area contributed by atoms with Crippen LogP contribution in [0.4, 0.5) is 5.69 Å². The van der Waals surface area contributed by atoms with Crippen molar-refractivity contribution in [3.8, 4) is 0 Å². The summed E-state index contributed by atoms with van der Waals surface area (Å²) in [5, 5.41) is 34.1. The van der Waals surface area contributed by atoms with Crippen LogP contribution < -0.4 is 4.90 Å². The molecule has 3 saturated heterocycles. The van der Waals surface area contributed by atoms with Crippen molar-refractivity contribution in [2.24, 2.45) is 34.0 Å². The van der Waals surface area contributed by atoms with Crippen LogP contribution in [0.2, 0.25) is 0 Å². The maximum absolute atomic E-state index is 14.0. The molecule has 2 spiro atoms. The van der Waals surface area contributed by atoms with E-state index in [1.54, 1.807) is 0 Å². The van der Waals surface area contributed by atoms with Crippen LogP contribution in [0.5, 0.6) is 0 Å². The smallest absolute Gasteiger partial charge is 0.261 e. The Morgan fingerprint density at radius 1 is 0.931 bits per heavy atom. The molecular formula is C46H57N5O7. The van der Waals surface area contributed by atoms with Crippen LogP contribution in [-0.4, -0.2) is 98.5 Å². The number of carbonyl (C=O) groups is 3. The van der Waals surface area contributed by atoms with Crippen LogP contribution in [0.3, 0.4) is 0 Å². The second-order valence-corrected chi connectivity index (χ2v) is 19.1. The minimum atomic E-state index is -1.16. The van der Waals surface area contributed by atoms with Crippen molar-refractivity contribution in [1.82, 2.24) is 19.9 Å². The number of unbranched alkanes of at least 4 members (excludes halogenated alkanes) is 1. The lowest BCUT2D eigenvalue weighted by atomic mass is 9.37. The van der Waals surface area contributed by atoms with Gasteiger partial charge < -0.3 is 24.6 Å². The predicted molar refractivity (Wildman–Crippen MR) is 216 cm³/mol. The van der Waals surface area contributed by atoms with E-state index in [1.165, 1.54) is 11.3 Å². The second-order valence-electron chi connectivity index (χ2n) is 19.1. The number of amides is 2. The van der Waals surface area contributed by atoms with Crippen molar-refractivity contribution in [3.05, 3.63) is 65.5 Å². The Balaban J connectivity index is 0.749. The molecule has 0 unspecified atom stereocenters. The molecule has 308 valence electrons. The molecule has 12 nitrogen and oxygen atoms in total. The highest BCUT2D eigenvalue weighted by Gasteiger charge is 2.81. The number of anilines is 1. The average Bonchev–Trinajstić information content (AvgIpc) is 3.72. The molecule has 4 aliphatic heterocycles. The van der Waals surface area contributed by atoms with Gasteiger partial charge in [-0.2, -0.15) is 0 Å². The molecule has 58 heavy (non-hydrogen) atoms. The van der Waals surface area contributed by atoms with E-state index in [1.807, 2.05) is 35.1 Å². The first-order valence-corrected chi connectivity index (χ1v) is 21.9. The lowest BCUT2D eigenvalue weighted by molar-refractivity contribution is -0.402. The van der Waals surface area contributed by atoms with Crippen LogP contribution in [-0.2, 0) is 27.2 Å². The normalized spacial score (nSPS) is 34.9. The van der Waals surface area contributed by atoms with Gasteiger partial charge in [0.25, 0.3) is 11.8 Å². The fourth-order valence-electron chi connectivity index (χ4n) is 13.4. The van der Waals surface area contributed by atoms with E-state index in [4.69, 9.17) is 9.47 Å². The maximum Gasteiger partial charge on any atom is 0.261 e. The van der Waals surface area contributed by atoms with E-state index < -0.39 is 47.3 Å². The monoisotopic (exact) mass is 791 g/mol. The number of fused-ring (bicyclic) bond motifs is 2. The Bertz CT molecular complexity index is 2150. The van der Waals surface area contributed by atoms with Crippen molar-refractivity contribution < 1.29 is 34.1 Å². The van der Waals surface area contributed by atoms with Gasteiger partial charge in [-0.25, -0.2) is 0 Å². The molecular weight excluding hydrogens is 735 g/mol. The summed E-state index contributed by atoms with van der Waals surface area (Å²) in [6.45, 7) is 12.1. The lowest BCUT2D eigenvalue weighted by Gasteiger charge is -2.72. The Morgan fingerprint density at radius 2 is 1.71 bits per heavy atom. The second kappa shape index (κ2) is 14.1. The number of aryl methyl sites for hydroxylation is 2. The molecule has 12 heteroatoms. The number of aromatic nitrogens is 3. The molecule has 4 aliphatic carbocycles. The van der Waals surface area contributed by atoms with Gasteiger partial charge in [0.1, 0.15) is 0 Å². The summed E-state index contributed by atoms with van der Waals surface area (Å²) in [4.78, 5) is 45.2. The molecule has 9 atom stereocenters. The zero-order valence-corrected chi connectivity index (χ0v) is 33.9. The summed E-state index contributed by atoms with van der Waals surface area (Å²) in [7, 11) is 0. The number of imide groups is 1. The number of aliphatic hydroxyl groups excluding tert-OH is 2. The van der Waals surface area contributed by atoms with Gasteiger partial charge in [-0.15, -0.1) is 5.10 Å².